The van der Waals surface area contributed by atoms with Gasteiger partial charge in [0.1, 0.15) is 18.4 Å². The van der Waals surface area contributed by atoms with Gasteiger partial charge in [-0.1, -0.05) is 36.4 Å². The fourth-order valence-corrected chi connectivity index (χ4v) is 5.84. The molecular formula is C28H23F3N4O3. The van der Waals surface area contributed by atoms with Crippen molar-refractivity contribution in [1.29, 1.82) is 0 Å². The van der Waals surface area contributed by atoms with Crippen LogP contribution in [0.3, 0.4) is 0 Å². The van der Waals surface area contributed by atoms with Crippen LogP contribution in [0.4, 0.5) is 19.0 Å². The Bertz CT molecular complexity index is 1490. The first-order valence-corrected chi connectivity index (χ1v) is 12.2. The molecule has 3 heterocycles. The fourth-order valence-electron chi connectivity index (χ4n) is 5.84. The zero-order chi connectivity index (χ0) is 26.7. The van der Waals surface area contributed by atoms with Gasteiger partial charge >= 0.3 is 6.18 Å². The monoisotopic (exact) mass is 520 g/mol. The average Bonchev–Trinajstić information content (AvgIpc) is 3.35. The molecule has 0 fully saturated rings. The molecule has 0 saturated heterocycles. The highest BCUT2D eigenvalue weighted by molar-refractivity contribution is 6.06. The fraction of sp³-hybridized carbons (Fsp3) is 0.286. The summed E-state index contributed by atoms with van der Waals surface area (Å²) in [4.78, 5) is 44.3. The van der Waals surface area contributed by atoms with Crippen LogP contribution >= 0.6 is 0 Å². The summed E-state index contributed by atoms with van der Waals surface area (Å²) in [5.41, 5.74) is 3.41. The Labute approximate surface area is 216 Å². The molecule has 0 bridgehead atoms. The Morgan fingerprint density at radius 1 is 1.03 bits per heavy atom. The molecule has 1 spiro atoms. The predicted octanol–water partition coefficient (Wildman–Crippen LogP) is 3.32. The maximum Gasteiger partial charge on any atom is 0.406 e. The van der Waals surface area contributed by atoms with Crippen molar-refractivity contribution in [2.24, 2.45) is 0 Å². The van der Waals surface area contributed by atoms with Gasteiger partial charge in [-0.25, -0.2) is 4.98 Å². The first-order chi connectivity index (χ1) is 18.1. The van der Waals surface area contributed by atoms with Crippen LogP contribution in [0.2, 0.25) is 0 Å². The van der Waals surface area contributed by atoms with Crippen LogP contribution in [0.5, 0.6) is 0 Å². The summed E-state index contributed by atoms with van der Waals surface area (Å²) in [6, 6.07) is 14.5. The molecule has 2 aliphatic heterocycles. The van der Waals surface area contributed by atoms with Crippen LogP contribution in [0.25, 0.3) is 0 Å². The standard InChI is InChI=1S/C28H23F3N4O3/c29-28(30,31)15-35-14-19-5-2-1-4-16(19)11-22(25(35)37)33-24(36)17-7-8-18-12-27(13-20(18)10-17)21-6-3-9-32-23(21)34-26(27)38/h1-10,22H,11-15H2,(H,33,36)(H,32,34,38)/t22-,27?/m1/s1. The molecule has 3 aliphatic rings. The smallest absolute Gasteiger partial charge is 0.340 e. The summed E-state index contributed by atoms with van der Waals surface area (Å²) in [5, 5.41) is 5.52. The lowest BCUT2D eigenvalue weighted by molar-refractivity contribution is -0.163. The van der Waals surface area contributed by atoms with E-state index in [-0.39, 0.29) is 24.4 Å². The van der Waals surface area contributed by atoms with E-state index in [0.717, 1.165) is 21.6 Å². The Kier molecular flexibility index (Phi) is 5.51. The maximum atomic E-state index is 13.3. The van der Waals surface area contributed by atoms with E-state index in [9.17, 15) is 27.6 Å². The van der Waals surface area contributed by atoms with Crippen molar-refractivity contribution in [2.45, 2.75) is 43.4 Å². The number of alkyl halides is 3. The number of anilines is 1. The van der Waals surface area contributed by atoms with Crippen molar-refractivity contribution in [3.8, 4) is 0 Å². The van der Waals surface area contributed by atoms with Crippen molar-refractivity contribution in [3.05, 3.63) is 94.2 Å². The molecule has 0 saturated carbocycles. The summed E-state index contributed by atoms with van der Waals surface area (Å²) >= 11 is 0. The minimum atomic E-state index is -4.57. The van der Waals surface area contributed by atoms with E-state index < -0.39 is 36.0 Å². The number of benzene rings is 2. The number of pyridine rings is 1. The van der Waals surface area contributed by atoms with Gasteiger partial charge in [0.05, 0.1) is 5.41 Å². The molecule has 3 aromatic rings. The molecule has 194 valence electrons. The number of halogens is 3. The van der Waals surface area contributed by atoms with E-state index in [4.69, 9.17) is 0 Å². The third kappa shape index (κ3) is 4.09. The van der Waals surface area contributed by atoms with E-state index in [0.29, 0.717) is 29.8 Å². The van der Waals surface area contributed by atoms with Crippen molar-refractivity contribution < 1.29 is 27.6 Å². The molecule has 6 rings (SSSR count). The number of nitrogens with zero attached hydrogens (tertiary/aromatic N) is 2. The Morgan fingerprint density at radius 3 is 2.58 bits per heavy atom. The normalized spacial score (nSPS) is 22.0. The topological polar surface area (TPSA) is 91.4 Å². The lowest BCUT2D eigenvalue weighted by Crippen LogP contribution is -2.50. The van der Waals surface area contributed by atoms with Gasteiger partial charge < -0.3 is 15.5 Å². The van der Waals surface area contributed by atoms with Crippen molar-refractivity contribution in [3.63, 3.8) is 0 Å². The Balaban J connectivity index is 1.25. The van der Waals surface area contributed by atoms with Crippen LogP contribution in [0, 0.1) is 0 Å². The van der Waals surface area contributed by atoms with Crippen LogP contribution < -0.4 is 10.6 Å². The molecule has 7 nitrogen and oxygen atoms in total. The number of carbonyl (C=O) groups is 3. The van der Waals surface area contributed by atoms with Crippen LogP contribution in [-0.2, 0) is 40.8 Å². The van der Waals surface area contributed by atoms with E-state index in [2.05, 4.69) is 15.6 Å². The molecule has 0 radical (unpaired) electrons. The van der Waals surface area contributed by atoms with Gasteiger partial charge in [-0.05, 0) is 53.3 Å². The lowest BCUT2D eigenvalue weighted by Gasteiger charge is -2.26. The predicted molar refractivity (Wildman–Crippen MR) is 131 cm³/mol. The first-order valence-electron chi connectivity index (χ1n) is 12.2. The highest BCUT2D eigenvalue weighted by atomic mass is 19.4. The van der Waals surface area contributed by atoms with Crippen molar-refractivity contribution in [2.75, 3.05) is 11.9 Å². The summed E-state index contributed by atoms with van der Waals surface area (Å²) in [5.74, 6) is -0.935. The first kappa shape index (κ1) is 24.1. The van der Waals surface area contributed by atoms with E-state index >= 15 is 0 Å². The molecule has 3 amide bonds. The van der Waals surface area contributed by atoms with Gasteiger partial charge in [0.25, 0.3) is 5.91 Å². The number of aromatic nitrogens is 1. The quantitative estimate of drug-likeness (QED) is 0.555. The summed E-state index contributed by atoms with van der Waals surface area (Å²) in [7, 11) is 0. The third-order valence-corrected chi connectivity index (χ3v) is 7.63. The minimum absolute atomic E-state index is 0.0904. The second-order valence-corrected chi connectivity index (χ2v) is 10.1. The van der Waals surface area contributed by atoms with Gasteiger partial charge in [-0.3, -0.25) is 14.4 Å². The minimum Gasteiger partial charge on any atom is -0.340 e. The zero-order valence-corrected chi connectivity index (χ0v) is 20.1. The second-order valence-electron chi connectivity index (χ2n) is 10.1. The maximum absolute atomic E-state index is 13.3. The average molecular weight is 521 g/mol. The molecule has 10 heteroatoms. The van der Waals surface area contributed by atoms with Gasteiger partial charge in [-0.15, -0.1) is 0 Å². The number of rotatable bonds is 3. The summed E-state index contributed by atoms with van der Waals surface area (Å²) in [6.45, 7) is -1.58. The lowest BCUT2D eigenvalue weighted by atomic mass is 9.79. The molecule has 1 aliphatic carbocycles. The number of amides is 3. The highest BCUT2D eigenvalue weighted by Crippen LogP contribution is 2.46. The van der Waals surface area contributed by atoms with Crippen LogP contribution in [0.1, 0.15) is 38.2 Å². The molecule has 2 atom stereocenters. The van der Waals surface area contributed by atoms with Crippen molar-refractivity contribution in [1.82, 2.24) is 15.2 Å². The largest absolute Gasteiger partial charge is 0.406 e. The second kappa shape index (κ2) is 8.68. The van der Waals surface area contributed by atoms with Gasteiger partial charge in [0, 0.05) is 30.3 Å². The number of nitrogens with one attached hydrogen (secondary N) is 2. The molecule has 1 aromatic heterocycles. The summed E-state index contributed by atoms with van der Waals surface area (Å²) in [6.07, 6.45) is -2.00. The Hall–Kier alpha value is -4.21. The molecular weight excluding hydrogens is 497 g/mol. The molecule has 38 heavy (non-hydrogen) atoms. The van der Waals surface area contributed by atoms with Crippen LogP contribution in [0.15, 0.2) is 60.8 Å². The molecule has 1 unspecified atom stereocenters. The van der Waals surface area contributed by atoms with Crippen molar-refractivity contribution >= 4 is 23.5 Å². The van der Waals surface area contributed by atoms with Gasteiger partial charge in [-0.2, -0.15) is 13.2 Å². The third-order valence-electron chi connectivity index (χ3n) is 7.63. The summed E-state index contributed by atoms with van der Waals surface area (Å²) < 4.78 is 39.7. The molecule has 2 aromatic carbocycles. The number of hydrogen-bond donors (Lipinski definition) is 2. The van der Waals surface area contributed by atoms with Crippen LogP contribution in [-0.4, -0.2) is 46.4 Å². The van der Waals surface area contributed by atoms with Gasteiger partial charge in [0.15, 0.2) is 0 Å². The molecule has 2 N–H and O–H groups in total. The zero-order valence-electron chi connectivity index (χ0n) is 20.1. The van der Waals surface area contributed by atoms with E-state index in [1.165, 1.54) is 0 Å². The number of fused-ring (bicyclic) bond motifs is 4. The Morgan fingerprint density at radius 2 is 1.79 bits per heavy atom. The number of carbonyl (C=O) groups excluding carboxylic acids is 3. The number of hydrogen-bond acceptors (Lipinski definition) is 4. The van der Waals surface area contributed by atoms with Gasteiger partial charge in [0.2, 0.25) is 11.8 Å². The highest BCUT2D eigenvalue weighted by Gasteiger charge is 2.51. The van der Waals surface area contributed by atoms with E-state index in [1.807, 2.05) is 6.07 Å². The van der Waals surface area contributed by atoms with E-state index in [1.54, 1.807) is 54.7 Å². The SMILES string of the molecule is O=C(N[C@@H]1Cc2ccccc2CN(CC(F)(F)F)C1=O)c1ccc2c(c1)CC1(C2)C(=O)Nc2ncccc21.